The van der Waals surface area contributed by atoms with Gasteiger partial charge in [-0.05, 0) is 25.7 Å². The van der Waals surface area contributed by atoms with Crippen molar-refractivity contribution in [1.82, 2.24) is 0 Å². The summed E-state index contributed by atoms with van der Waals surface area (Å²) in [5, 5.41) is 0. The van der Waals surface area contributed by atoms with Crippen molar-refractivity contribution >= 4 is 0 Å². The summed E-state index contributed by atoms with van der Waals surface area (Å²) in [4.78, 5) is 0. The minimum absolute atomic E-state index is 0.0264. The third-order valence-electron chi connectivity index (χ3n) is 9.06. The van der Waals surface area contributed by atoms with Crippen LogP contribution in [0.15, 0.2) is 0 Å². The maximum absolute atomic E-state index is 16.3. The minimum Gasteiger partial charge on any atom is -0.247 e. The van der Waals surface area contributed by atoms with Crippen LogP contribution in [-0.4, -0.2) is 6.17 Å². The highest BCUT2D eigenvalue weighted by Gasteiger charge is 2.37. The highest BCUT2D eigenvalue weighted by molar-refractivity contribution is 4.87. The second-order valence-electron chi connectivity index (χ2n) is 12.6. The number of hydrogen-bond acceptors (Lipinski definition) is 0. The molecule has 1 unspecified atom stereocenters. The first-order valence-corrected chi connectivity index (χ1v) is 17.8. The molecular formula is C36H73F. The Morgan fingerprint density at radius 2 is 0.595 bits per heavy atom. The molecule has 0 N–H and O–H groups in total. The molecular weight excluding hydrogens is 451 g/mol. The molecule has 0 aromatic heterocycles. The van der Waals surface area contributed by atoms with E-state index in [9.17, 15) is 0 Å². The third-order valence-corrected chi connectivity index (χ3v) is 9.06. The number of hydrogen-bond donors (Lipinski definition) is 0. The maximum Gasteiger partial charge on any atom is 0.106 e. The van der Waals surface area contributed by atoms with Crippen LogP contribution in [0.25, 0.3) is 0 Å². The minimum atomic E-state index is -0.575. The van der Waals surface area contributed by atoms with Crippen molar-refractivity contribution < 1.29 is 4.39 Å². The van der Waals surface area contributed by atoms with Gasteiger partial charge in [0.25, 0.3) is 0 Å². The van der Waals surface area contributed by atoms with Gasteiger partial charge in [-0.3, -0.25) is 0 Å². The third kappa shape index (κ3) is 22.4. The van der Waals surface area contributed by atoms with E-state index in [4.69, 9.17) is 0 Å². The van der Waals surface area contributed by atoms with Gasteiger partial charge in [-0.1, -0.05) is 195 Å². The Morgan fingerprint density at radius 3 is 0.892 bits per heavy atom. The van der Waals surface area contributed by atoms with E-state index in [1.54, 1.807) is 0 Å². The topological polar surface area (TPSA) is 0 Å². The van der Waals surface area contributed by atoms with Crippen LogP contribution in [-0.2, 0) is 0 Å². The smallest absolute Gasteiger partial charge is 0.106 e. The molecule has 0 aromatic rings. The van der Waals surface area contributed by atoms with E-state index >= 15 is 4.39 Å². The average molecular weight is 525 g/mol. The van der Waals surface area contributed by atoms with Gasteiger partial charge in [-0.25, -0.2) is 4.39 Å². The van der Waals surface area contributed by atoms with E-state index in [1.807, 2.05) is 0 Å². The summed E-state index contributed by atoms with van der Waals surface area (Å²) < 4.78 is 16.3. The van der Waals surface area contributed by atoms with E-state index in [-0.39, 0.29) is 5.41 Å². The van der Waals surface area contributed by atoms with Gasteiger partial charge in [-0.2, -0.15) is 0 Å². The van der Waals surface area contributed by atoms with Crippen LogP contribution in [0.3, 0.4) is 0 Å². The number of unbranched alkanes of at least 4 members (excludes halogenated alkanes) is 22. The fourth-order valence-corrected chi connectivity index (χ4v) is 6.38. The molecule has 0 amide bonds. The standard InChI is InChI=1S/C36H73F/c1-5-9-13-17-21-22-23-27-31-35(37)36(32-28-24-18-14-10-6-2,33-29-25-19-15-11-7-3)34-30-26-20-16-12-8-4/h35H,5-34H2,1-4H3. The lowest BCUT2D eigenvalue weighted by Gasteiger charge is -2.38. The average Bonchev–Trinajstić information content (AvgIpc) is 2.91. The van der Waals surface area contributed by atoms with Crippen LogP contribution < -0.4 is 0 Å². The van der Waals surface area contributed by atoms with E-state index < -0.39 is 6.17 Å². The summed E-state index contributed by atoms with van der Waals surface area (Å²) in [5.41, 5.74) is -0.0264. The monoisotopic (exact) mass is 525 g/mol. The molecule has 0 rings (SSSR count). The van der Waals surface area contributed by atoms with Gasteiger partial charge in [0.1, 0.15) is 6.17 Å². The molecule has 0 saturated carbocycles. The molecule has 0 aliphatic rings. The number of halogens is 1. The van der Waals surface area contributed by atoms with E-state index in [2.05, 4.69) is 27.7 Å². The van der Waals surface area contributed by atoms with Crippen molar-refractivity contribution in [3.63, 3.8) is 0 Å². The number of rotatable bonds is 31. The van der Waals surface area contributed by atoms with Crippen LogP contribution in [0.2, 0.25) is 0 Å². The zero-order chi connectivity index (χ0) is 27.3. The quantitative estimate of drug-likeness (QED) is 0.0791. The second-order valence-corrected chi connectivity index (χ2v) is 12.6. The highest BCUT2D eigenvalue weighted by Crippen LogP contribution is 2.44. The van der Waals surface area contributed by atoms with Crippen molar-refractivity contribution in [2.45, 2.75) is 226 Å². The molecule has 1 atom stereocenters. The van der Waals surface area contributed by atoms with Crippen LogP contribution in [0, 0.1) is 5.41 Å². The molecule has 0 heterocycles. The maximum atomic E-state index is 16.3. The van der Waals surface area contributed by atoms with Gasteiger partial charge >= 0.3 is 0 Å². The molecule has 1 heteroatoms. The van der Waals surface area contributed by atoms with Gasteiger partial charge < -0.3 is 0 Å². The lowest BCUT2D eigenvalue weighted by molar-refractivity contribution is 0.0551. The summed E-state index contributed by atoms with van der Waals surface area (Å²) in [6.45, 7) is 9.18. The summed E-state index contributed by atoms with van der Waals surface area (Å²) in [7, 11) is 0. The molecule has 0 aliphatic carbocycles. The lowest BCUT2D eigenvalue weighted by Crippen LogP contribution is -2.33. The van der Waals surface area contributed by atoms with Crippen LogP contribution in [0.4, 0.5) is 4.39 Å². The van der Waals surface area contributed by atoms with Crippen LogP contribution in [0.1, 0.15) is 220 Å². The normalized spacial score (nSPS) is 12.9. The Bertz CT molecular complexity index is 376. The predicted molar refractivity (Wildman–Crippen MR) is 169 cm³/mol. The summed E-state index contributed by atoms with van der Waals surface area (Å²) >= 11 is 0. The molecule has 0 spiro atoms. The van der Waals surface area contributed by atoms with Gasteiger partial charge in [0.15, 0.2) is 0 Å². The molecule has 0 radical (unpaired) electrons. The van der Waals surface area contributed by atoms with Crippen LogP contribution >= 0.6 is 0 Å². The van der Waals surface area contributed by atoms with Gasteiger partial charge in [0, 0.05) is 5.41 Å². The fraction of sp³-hybridized carbons (Fsp3) is 1.00. The summed E-state index contributed by atoms with van der Waals surface area (Å²) in [6.07, 6.45) is 38.1. The lowest BCUT2D eigenvalue weighted by atomic mass is 9.69. The van der Waals surface area contributed by atoms with E-state index in [1.165, 1.54) is 161 Å². The summed E-state index contributed by atoms with van der Waals surface area (Å²) in [5.74, 6) is 0. The Labute approximate surface area is 236 Å². The van der Waals surface area contributed by atoms with Crippen molar-refractivity contribution in [3.05, 3.63) is 0 Å². The van der Waals surface area contributed by atoms with Crippen molar-refractivity contribution in [1.29, 1.82) is 0 Å². The first-order valence-electron chi connectivity index (χ1n) is 17.8. The SMILES string of the molecule is CCCCCCCCCCC(F)C(CCCCCCCC)(CCCCCCCC)CCCCCCCC. The Morgan fingerprint density at radius 1 is 0.351 bits per heavy atom. The highest BCUT2D eigenvalue weighted by atomic mass is 19.1. The zero-order valence-electron chi connectivity index (χ0n) is 26.7. The summed E-state index contributed by atoms with van der Waals surface area (Å²) in [6, 6.07) is 0. The first kappa shape index (κ1) is 36.9. The molecule has 0 aromatic carbocycles. The number of alkyl halides is 1. The van der Waals surface area contributed by atoms with Crippen molar-refractivity contribution in [2.75, 3.05) is 0 Å². The molecule has 0 nitrogen and oxygen atoms in total. The van der Waals surface area contributed by atoms with Crippen molar-refractivity contribution in [3.8, 4) is 0 Å². The van der Waals surface area contributed by atoms with E-state index in [0.717, 1.165) is 32.1 Å². The van der Waals surface area contributed by atoms with Gasteiger partial charge in [-0.15, -0.1) is 0 Å². The molecule has 224 valence electrons. The molecule has 37 heavy (non-hydrogen) atoms. The molecule has 0 aliphatic heterocycles. The van der Waals surface area contributed by atoms with Gasteiger partial charge in [0.2, 0.25) is 0 Å². The van der Waals surface area contributed by atoms with Gasteiger partial charge in [0.05, 0.1) is 0 Å². The Hall–Kier alpha value is -0.0700. The second kappa shape index (κ2) is 28.9. The molecule has 0 saturated heterocycles. The van der Waals surface area contributed by atoms with E-state index in [0.29, 0.717) is 0 Å². The van der Waals surface area contributed by atoms with Crippen molar-refractivity contribution in [2.24, 2.45) is 5.41 Å². The molecule has 0 bridgehead atoms. The first-order chi connectivity index (χ1) is 18.2. The Kier molecular flexibility index (Phi) is 28.9. The Balaban J connectivity index is 4.93. The largest absolute Gasteiger partial charge is 0.247 e. The zero-order valence-corrected chi connectivity index (χ0v) is 26.7. The fourth-order valence-electron chi connectivity index (χ4n) is 6.38. The molecule has 0 fully saturated rings. The van der Waals surface area contributed by atoms with Crippen LogP contribution in [0.5, 0.6) is 0 Å². The predicted octanol–water partition coefficient (Wildman–Crippen LogP) is 14.1.